The Morgan fingerprint density at radius 2 is 2.06 bits per heavy atom. The molecule has 18 heavy (non-hydrogen) atoms. The largest absolute Gasteiger partial charge is 0.375 e. The minimum Gasteiger partial charge on any atom is -0.375 e. The van der Waals surface area contributed by atoms with E-state index >= 15 is 0 Å². The highest BCUT2D eigenvalue weighted by molar-refractivity contribution is 4.95. The van der Waals surface area contributed by atoms with Gasteiger partial charge in [-0.05, 0) is 57.4 Å². The molecule has 0 aromatic heterocycles. The fourth-order valence-electron chi connectivity index (χ4n) is 3.94. The Bertz CT molecular complexity index is 293. The molecule has 3 rings (SSSR count). The quantitative estimate of drug-likeness (QED) is 0.774. The molecule has 1 saturated heterocycles. The summed E-state index contributed by atoms with van der Waals surface area (Å²) in [5.74, 6) is 0.873. The molecule has 3 aliphatic rings. The zero-order chi connectivity index (χ0) is 12.3. The second kappa shape index (κ2) is 5.75. The summed E-state index contributed by atoms with van der Waals surface area (Å²) in [5.41, 5.74) is 0.266. The highest BCUT2D eigenvalue weighted by Gasteiger charge is 2.39. The molecule has 102 valence electrons. The second-order valence-electron chi connectivity index (χ2n) is 6.49. The molecule has 1 spiro atoms. The van der Waals surface area contributed by atoms with E-state index in [1.54, 1.807) is 0 Å². The lowest BCUT2D eigenvalue weighted by Gasteiger charge is -2.39. The monoisotopic (exact) mass is 249 g/mol. The van der Waals surface area contributed by atoms with Crippen LogP contribution in [-0.2, 0) is 4.74 Å². The number of ether oxygens (including phenoxy) is 1. The van der Waals surface area contributed by atoms with Crippen LogP contribution in [0.5, 0.6) is 0 Å². The summed E-state index contributed by atoms with van der Waals surface area (Å²) in [6.45, 7) is 2.19. The third-order valence-corrected chi connectivity index (χ3v) is 5.08. The summed E-state index contributed by atoms with van der Waals surface area (Å²) in [7, 11) is 0. The van der Waals surface area contributed by atoms with Gasteiger partial charge in [-0.3, -0.25) is 0 Å². The Hall–Kier alpha value is -0.340. The molecular formula is C16H27NO. The van der Waals surface area contributed by atoms with E-state index in [0.29, 0.717) is 6.04 Å². The maximum atomic E-state index is 6.10. The predicted octanol–water partition coefficient (Wildman–Crippen LogP) is 3.42. The smallest absolute Gasteiger partial charge is 0.0697 e. The minimum absolute atomic E-state index is 0.266. The van der Waals surface area contributed by atoms with Gasteiger partial charge in [-0.2, -0.15) is 0 Å². The van der Waals surface area contributed by atoms with E-state index in [0.717, 1.165) is 12.5 Å². The maximum absolute atomic E-state index is 6.10. The van der Waals surface area contributed by atoms with Gasteiger partial charge in [-0.15, -0.1) is 0 Å². The zero-order valence-corrected chi connectivity index (χ0v) is 11.5. The standard InChI is InChI=1S/C16H27NO/c1-2-6-14(7-3-1)13-17-15-8-11-18-16(12-15)9-4-5-10-16/h1-2,14-15,17H,3-13H2. The second-order valence-corrected chi connectivity index (χ2v) is 6.49. The van der Waals surface area contributed by atoms with Crippen molar-refractivity contribution in [2.45, 2.75) is 69.4 Å². The Labute approximate surface area is 111 Å². The minimum atomic E-state index is 0.266. The highest BCUT2D eigenvalue weighted by Crippen LogP contribution is 2.40. The summed E-state index contributed by atoms with van der Waals surface area (Å²) < 4.78 is 6.10. The van der Waals surface area contributed by atoms with E-state index in [-0.39, 0.29) is 5.60 Å². The molecule has 2 heteroatoms. The van der Waals surface area contributed by atoms with Crippen molar-refractivity contribution in [2.75, 3.05) is 13.2 Å². The highest BCUT2D eigenvalue weighted by atomic mass is 16.5. The van der Waals surface area contributed by atoms with Crippen molar-refractivity contribution in [2.24, 2.45) is 5.92 Å². The molecule has 0 aromatic carbocycles. The van der Waals surface area contributed by atoms with Crippen LogP contribution in [0.3, 0.4) is 0 Å². The van der Waals surface area contributed by atoms with Gasteiger partial charge in [-0.1, -0.05) is 25.0 Å². The molecule has 1 N–H and O–H groups in total. The van der Waals surface area contributed by atoms with E-state index in [1.807, 2.05) is 0 Å². The first kappa shape index (κ1) is 12.7. The fourth-order valence-corrected chi connectivity index (χ4v) is 3.94. The molecule has 2 fully saturated rings. The summed E-state index contributed by atoms with van der Waals surface area (Å²) in [6.07, 6.45) is 16.5. The van der Waals surface area contributed by atoms with Crippen LogP contribution in [0.15, 0.2) is 12.2 Å². The van der Waals surface area contributed by atoms with Crippen LogP contribution in [-0.4, -0.2) is 24.8 Å². The van der Waals surface area contributed by atoms with Crippen LogP contribution in [0, 0.1) is 5.92 Å². The zero-order valence-electron chi connectivity index (χ0n) is 11.5. The van der Waals surface area contributed by atoms with E-state index in [9.17, 15) is 0 Å². The van der Waals surface area contributed by atoms with Gasteiger partial charge in [0.1, 0.15) is 0 Å². The first-order valence-electron chi connectivity index (χ1n) is 7.89. The van der Waals surface area contributed by atoms with E-state index in [2.05, 4.69) is 17.5 Å². The lowest BCUT2D eigenvalue weighted by molar-refractivity contribution is -0.0838. The first-order valence-corrected chi connectivity index (χ1v) is 7.89. The van der Waals surface area contributed by atoms with E-state index in [4.69, 9.17) is 4.74 Å². The van der Waals surface area contributed by atoms with E-state index < -0.39 is 0 Å². The maximum Gasteiger partial charge on any atom is 0.0697 e. The molecule has 2 nitrogen and oxygen atoms in total. The lowest BCUT2D eigenvalue weighted by atomic mass is 9.88. The van der Waals surface area contributed by atoms with Crippen LogP contribution in [0.25, 0.3) is 0 Å². The first-order chi connectivity index (χ1) is 8.86. The van der Waals surface area contributed by atoms with E-state index in [1.165, 1.54) is 64.3 Å². The average molecular weight is 249 g/mol. The third-order valence-electron chi connectivity index (χ3n) is 5.08. The van der Waals surface area contributed by atoms with Crippen LogP contribution in [0.4, 0.5) is 0 Å². The van der Waals surface area contributed by atoms with Crippen molar-refractivity contribution in [3.05, 3.63) is 12.2 Å². The Morgan fingerprint density at radius 3 is 2.83 bits per heavy atom. The van der Waals surface area contributed by atoms with Gasteiger partial charge < -0.3 is 10.1 Å². The Kier molecular flexibility index (Phi) is 4.05. The summed E-state index contributed by atoms with van der Waals surface area (Å²) in [6, 6.07) is 0.711. The van der Waals surface area contributed by atoms with Crippen LogP contribution in [0.2, 0.25) is 0 Å². The summed E-state index contributed by atoms with van der Waals surface area (Å²) in [5, 5.41) is 3.83. The number of allylic oxidation sites excluding steroid dienone is 2. The molecule has 0 radical (unpaired) electrons. The van der Waals surface area contributed by atoms with Gasteiger partial charge in [0, 0.05) is 12.6 Å². The topological polar surface area (TPSA) is 21.3 Å². The summed E-state index contributed by atoms with van der Waals surface area (Å²) in [4.78, 5) is 0. The third kappa shape index (κ3) is 2.97. The molecule has 2 aliphatic carbocycles. The van der Waals surface area contributed by atoms with Gasteiger partial charge in [0.15, 0.2) is 0 Å². The summed E-state index contributed by atoms with van der Waals surface area (Å²) >= 11 is 0. The van der Waals surface area contributed by atoms with Gasteiger partial charge in [0.2, 0.25) is 0 Å². The lowest BCUT2D eigenvalue weighted by Crippen LogP contribution is -2.46. The van der Waals surface area contributed by atoms with Gasteiger partial charge in [0.05, 0.1) is 5.60 Å². The van der Waals surface area contributed by atoms with Crippen LogP contribution >= 0.6 is 0 Å². The number of rotatable bonds is 3. The van der Waals surface area contributed by atoms with Crippen molar-refractivity contribution in [3.8, 4) is 0 Å². The molecule has 0 amide bonds. The normalized spacial score (nSPS) is 35.1. The van der Waals surface area contributed by atoms with Gasteiger partial charge >= 0.3 is 0 Å². The molecule has 1 aliphatic heterocycles. The molecule has 2 unspecified atom stereocenters. The number of nitrogens with one attached hydrogen (secondary N) is 1. The molecule has 2 atom stereocenters. The molecule has 1 heterocycles. The van der Waals surface area contributed by atoms with Crippen molar-refractivity contribution < 1.29 is 4.74 Å². The average Bonchev–Trinajstić information content (AvgIpc) is 2.86. The molecule has 1 saturated carbocycles. The molecule has 0 aromatic rings. The Morgan fingerprint density at radius 1 is 1.17 bits per heavy atom. The van der Waals surface area contributed by atoms with Crippen LogP contribution in [0.1, 0.15) is 57.8 Å². The number of hydrogen-bond acceptors (Lipinski definition) is 2. The van der Waals surface area contributed by atoms with Crippen molar-refractivity contribution in [1.29, 1.82) is 0 Å². The van der Waals surface area contributed by atoms with Crippen molar-refractivity contribution in [1.82, 2.24) is 5.32 Å². The van der Waals surface area contributed by atoms with Crippen molar-refractivity contribution in [3.63, 3.8) is 0 Å². The number of hydrogen-bond donors (Lipinski definition) is 1. The molecular weight excluding hydrogens is 222 g/mol. The van der Waals surface area contributed by atoms with Crippen LogP contribution < -0.4 is 5.32 Å². The Balaban J connectivity index is 1.46. The fraction of sp³-hybridized carbons (Fsp3) is 0.875. The van der Waals surface area contributed by atoms with Gasteiger partial charge in [0.25, 0.3) is 0 Å². The molecule has 0 bridgehead atoms. The van der Waals surface area contributed by atoms with Gasteiger partial charge in [-0.25, -0.2) is 0 Å². The predicted molar refractivity (Wildman–Crippen MR) is 74.7 cm³/mol. The SMILES string of the molecule is C1=CCC(CNC2CCOC3(CCCC3)C2)CC1. The van der Waals surface area contributed by atoms with Crippen molar-refractivity contribution >= 4 is 0 Å².